The molecule has 2 aromatic carbocycles. The van der Waals surface area contributed by atoms with Crippen LogP contribution in [0.2, 0.25) is 0 Å². The molecule has 4 rings (SSSR count). The van der Waals surface area contributed by atoms with E-state index in [0.29, 0.717) is 42.4 Å². The van der Waals surface area contributed by atoms with Gasteiger partial charge in [0.05, 0.1) is 23.9 Å². The SMILES string of the molecule is COC(=O)c1cn(C(=O)C2CCN(S(=O)(=O)Cc3ccc(Br)cc3)CC2)c2ccccc12. The average Bonchev–Trinajstić information content (AvgIpc) is 3.19. The van der Waals surface area contributed by atoms with Crippen molar-refractivity contribution in [1.29, 1.82) is 0 Å². The number of esters is 1. The third-order valence-electron chi connectivity index (χ3n) is 5.81. The molecule has 0 bridgehead atoms. The number of carbonyl (C=O) groups is 2. The third-order valence-corrected chi connectivity index (χ3v) is 8.19. The van der Waals surface area contributed by atoms with Crippen molar-refractivity contribution in [2.75, 3.05) is 20.2 Å². The summed E-state index contributed by atoms with van der Waals surface area (Å²) in [6, 6.07) is 14.4. The number of halogens is 1. The minimum absolute atomic E-state index is 0.0659. The lowest BCUT2D eigenvalue weighted by molar-refractivity contribution is 0.0603. The molecule has 32 heavy (non-hydrogen) atoms. The zero-order valence-corrected chi connectivity index (χ0v) is 19.9. The van der Waals surface area contributed by atoms with Crippen LogP contribution in [0.5, 0.6) is 0 Å². The predicted molar refractivity (Wildman–Crippen MR) is 125 cm³/mol. The molecule has 0 spiro atoms. The van der Waals surface area contributed by atoms with Gasteiger partial charge in [-0.05, 0) is 36.6 Å². The van der Waals surface area contributed by atoms with Crippen LogP contribution in [-0.2, 0) is 20.5 Å². The Morgan fingerprint density at radius 3 is 2.38 bits per heavy atom. The molecule has 9 heteroatoms. The summed E-state index contributed by atoms with van der Waals surface area (Å²) in [5, 5.41) is 0.655. The summed E-state index contributed by atoms with van der Waals surface area (Å²) in [6.45, 7) is 0.580. The van der Waals surface area contributed by atoms with Crippen LogP contribution >= 0.6 is 15.9 Å². The summed E-state index contributed by atoms with van der Waals surface area (Å²) in [4.78, 5) is 25.4. The summed E-state index contributed by atoms with van der Waals surface area (Å²) in [7, 11) is -2.16. The molecular weight excluding hydrogens is 496 g/mol. The minimum Gasteiger partial charge on any atom is -0.465 e. The van der Waals surface area contributed by atoms with Gasteiger partial charge in [-0.3, -0.25) is 9.36 Å². The van der Waals surface area contributed by atoms with E-state index >= 15 is 0 Å². The molecule has 168 valence electrons. The second-order valence-electron chi connectivity index (χ2n) is 7.82. The van der Waals surface area contributed by atoms with Crippen molar-refractivity contribution >= 4 is 48.7 Å². The molecule has 0 amide bonds. The van der Waals surface area contributed by atoms with E-state index in [1.165, 1.54) is 22.2 Å². The molecule has 1 aromatic heterocycles. The number of ether oxygens (including phenoxy) is 1. The molecule has 0 aliphatic carbocycles. The van der Waals surface area contributed by atoms with Gasteiger partial charge in [0.2, 0.25) is 15.9 Å². The van der Waals surface area contributed by atoms with Crippen molar-refractivity contribution in [2.24, 2.45) is 5.92 Å². The highest BCUT2D eigenvalue weighted by Gasteiger charge is 2.32. The fraction of sp³-hybridized carbons (Fsp3) is 0.304. The van der Waals surface area contributed by atoms with Crippen LogP contribution in [0.4, 0.5) is 0 Å². The lowest BCUT2D eigenvalue weighted by atomic mass is 9.97. The molecular formula is C23H23BrN2O5S. The first-order valence-electron chi connectivity index (χ1n) is 10.2. The number of para-hydroxylation sites is 1. The van der Waals surface area contributed by atoms with E-state index in [-0.39, 0.29) is 17.6 Å². The van der Waals surface area contributed by atoms with Gasteiger partial charge in [-0.2, -0.15) is 0 Å². The first-order chi connectivity index (χ1) is 15.3. The van der Waals surface area contributed by atoms with Crippen LogP contribution in [0.15, 0.2) is 59.2 Å². The Bertz CT molecular complexity index is 1260. The molecule has 0 atom stereocenters. The van der Waals surface area contributed by atoms with Crippen LogP contribution < -0.4 is 0 Å². The van der Waals surface area contributed by atoms with Crippen LogP contribution in [-0.4, -0.2) is 49.4 Å². The maximum absolute atomic E-state index is 13.3. The number of hydrogen-bond donors (Lipinski definition) is 0. The number of piperidine rings is 1. The van der Waals surface area contributed by atoms with Crippen molar-refractivity contribution < 1.29 is 22.7 Å². The highest BCUT2D eigenvalue weighted by molar-refractivity contribution is 9.10. The van der Waals surface area contributed by atoms with Gasteiger partial charge in [-0.25, -0.2) is 17.5 Å². The van der Waals surface area contributed by atoms with Crippen LogP contribution in [0, 0.1) is 5.92 Å². The number of carbonyl (C=O) groups excluding carboxylic acids is 2. The summed E-state index contributed by atoms with van der Waals surface area (Å²) in [5.41, 5.74) is 1.70. The fourth-order valence-corrected chi connectivity index (χ4v) is 5.92. The van der Waals surface area contributed by atoms with Crippen LogP contribution in [0.3, 0.4) is 0 Å². The monoisotopic (exact) mass is 518 g/mol. The summed E-state index contributed by atoms with van der Waals surface area (Å²) >= 11 is 3.35. The number of aromatic nitrogens is 1. The summed E-state index contributed by atoms with van der Waals surface area (Å²) < 4.78 is 34.4. The Hall–Kier alpha value is -2.49. The number of sulfonamides is 1. The van der Waals surface area contributed by atoms with E-state index in [0.717, 1.165) is 10.0 Å². The molecule has 0 saturated carbocycles. The van der Waals surface area contributed by atoms with Gasteiger partial charge in [0, 0.05) is 35.1 Å². The number of hydrogen-bond acceptors (Lipinski definition) is 5. The molecule has 3 aromatic rings. The molecule has 1 aliphatic rings. The van der Waals surface area contributed by atoms with Gasteiger partial charge in [0.25, 0.3) is 0 Å². The standard InChI is InChI=1S/C23H23BrN2O5S/c1-31-23(28)20-14-26(21-5-3-2-4-19(20)21)22(27)17-10-12-25(13-11-17)32(29,30)15-16-6-8-18(24)9-7-16/h2-9,14,17H,10-13,15H2,1H3. The van der Waals surface area contributed by atoms with E-state index in [9.17, 15) is 18.0 Å². The zero-order valence-electron chi connectivity index (χ0n) is 17.5. The number of methoxy groups -OCH3 is 1. The van der Waals surface area contributed by atoms with E-state index in [2.05, 4.69) is 15.9 Å². The fourth-order valence-electron chi connectivity index (χ4n) is 4.09. The van der Waals surface area contributed by atoms with E-state index in [1.807, 2.05) is 18.2 Å². The molecule has 0 N–H and O–H groups in total. The second-order valence-corrected chi connectivity index (χ2v) is 10.7. The molecule has 1 saturated heterocycles. The van der Waals surface area contributed by atoms with Crippen molar-refractivity contribution in [1.82, 2.24) is 8.87 Å². The topological polar surface area (TPSA) is 85.7 Å². The van der Waals surface area contributed by atoms with Gasteiger partial charge in [-0.15, -0.1) is 0 Å². The molecule has 2 heterocycles. The first-order valence-corrected chi connectivity index (χ1v) is 12.7. The quantitative estimate of drug-likeness (QED) is 0.475. The molecule has 1 aliphatic heterocycles. The lowest BCUT2D eigenvalue weighted by Crippen LogP contribution is -2.41. The van der Waals surface area contributed by atoms with Gasteiger partial charge in [0.1, 0.15) is 0 Å². The molecule has 0 unspecified atom stereocenters. The van der Waals surface area contributed by atoms with Gasteiger partial charge < -0.3 is 4.74 Å². The molecule has 7 nitrogen and oxygen atoms in total. The smallest absolute Gasteiger partial charge is 0.340 e. The summed E-state index contributed by atoms with van der Waals surface area (Å²) in [5.74, 6) is -1.03. The largest absolute Gasteiger partial charge is 0.465 e. The van der Waals surface area contributed by atoms with Crippen molar-refractivity contribution in [2.45, 2.75) is 18.6 Å². The van der Waals surface area contributed by atoms with E-state index < -0.39 is 16.0 Å². The average molecular weight is 519 g/mol. The van der Waals surface area contributed by atoms with Crippen LogP contribution in [0.25, 0.3) is 10.9 Å². The highest BCUT2D eigenvalue weighted by atomic mass is 79.9. The van der Waals surface area contributed by atoms with Gasteiger partial charge in [-0.1, -0.05) is 46.3 Å². The van der Waals surface area contributed by atoms with Crippen LogP contribution in [0.1, 0.15) is 33.6 Å². The number of benzene rings is 2. The Labute approximate surface area is 195 Å². The van der Waals surface area contributed by atoms with Gasteiger partial charge >= 0.3 is 5.97 Å². The van der Waals surface area contributed by atoms with Crippen molar-refractivity contribution in [3.05, 3.63) is 70.3 Å². The Morgan fingerprint density at radius 2 is 1.72 bits per heavy atom. The number of nitrogens with zero attached hydrogens (tertiary/aromatic N) is 2. The Kier molecular flexibility index (Phi) is 6.50. The summed E-state index contributed by atoms with van der Waals surface area (Å²) in [6.07, 6.45) is 2.38. The maximum atomic E-state index is 13.3. The highest BCUT2D eigenvalue weighted by Crippen LogP contribution is 2.27. The first kappa shape index (κ1) is 22.7. The lowest BCUT2D eigenvalue weighted by Gasteiger charge is -2.30. The predicted octanol–water partition coefficient (Wildman–Crippen LogP) is 4.07. The van der Waals surface area contributed by atoms with Gasteiger partial charge in [0.15, 0.2) is 0 Å². The molecule has 1 fully saturated rings. The third kappa shape index (κ3) is 4.51. The Balaban J connectivity index is 1.48. The van der Waals surface area contributed by atoms with E-state index in [4.69, 9.17) is 4.74 Å². The molecule has 0 radical (unpaired) electrons. The normalized spacial score (nSPS) is 15.7. The van der Waals surface area contributed by atoms with Crippen molar-refractivity contribution in [3.8, 4) is 0 Å². The van der Waals surface area contributed by atoms with E-state index in [1.54, 1.807) is 30.3 Å². The zero-order chi connectivity index (χ0) is 22.9. The second kappa shape index (κ2) is 9.17. The van der Waals surface area contributed by atoms with Crippen molar-refractivity contribution in [3.63, 3.8) is 0 Å². The minimum atomic E-state index is -3.47. The Morgan fingerprint density at radius 1 is 1.06 bits per heavy atom. The number of rotatable bonds is 5. The number of fused-ring (bicyclic) bond motifs is 1. The maximum Gasteiger partial charge on any atom is 0.340 e.